The van der Waals surface area contributed by atoms with Gasteiger partial charge < -0.3 is 19.8 Å². The van der Waals surface area contributed by atoms with Crippen molar-refractivity contribution >= 4 is 16.9 Å². The van der Waals surface area contributed by atoms with Crippen LogP contribution in [0.5, 0.6) is 0 Å². The van der Waals surface area contributed by atoms with Gasteiger partial charge in [-0.3, -0.25) is 4.79 Å². The number of carbonyl (C=O) groups is 1. The van der Waals surface area contributed by atoms with Crippen LogP contribution in [0.2, 0.25) is 0 Å². The monoisotopic (exact) mass is 404 g/mol. The topological polar surface area (TPSA) is 68.7 Å². The molecule has 0 spiro atoms. The van der Waals surface area contributed by atoms with Crippen LogP contribution in [0.1, 0.15) is 21.7 Å². The molecule has 1 aliphatic rings. The minimum Gasteiger partial charge on any atom is -0.459 e. The Labute approximate surface area is 164 Å². The van der Waals surface area contributed by atoms with Crippen LogP contribution in [0.25, 0.3) is 22.1 Å². The molecule has 1 amide bonds. The highest BCUT2D eigenvalue weighted by molar-refractivity contribution is 5.95. The fourth-order valence-electron chi connectivity index (χ4n) is 3.44. The van der Waals surface area contributed by atoms with Gasteiger partial charge in [-0.15, -0.1) is 0 Å². The van der Waals surface area contributed by atoms with Crippen LogP contribution in [0.4, 0.5) is 13.2 Å². The summed E-state index contributed by atoms with van der Waals surface area (Å²) in [6.07, 6.45) is -4.57. The number of carbonyl (C=O) groups excluding carboxylic acids is 1. The van der Waals surface area contributed by atoms with Crippen LogP contribution in [-0.4, -0.2) is 37.1 Å². The van der Waals surface area contributed by atoms with Crippen LogP contribution >= 0.6 is 0 Å². The summed E-state index contributed by atoms with van der Waals surface area (Å²) in [5, 5.41) is 0.337. The molecule has 2 N–H and O–H groups in total. The highest BCUT2D eigenvalue weighted by Crippen LogP contribution is 2.39. The van der Waals surface area contributed by atoms with E-state index >= 15 is 0 Å². The zero-order chi connectivity index (χ0) is 20.6. The van der Waals surface area contributed by atoms with Crippen molar-refractivity contribution in [1.29, 1.82) is 0 Å². The van der Waals surface area contributed by atoms with Gasteiger partial charge in [-0.05, 0) is 41.5 Å². The lowest BCUT2D eigenvalue weighted by molar-refractivity contribution is -0.136. The second-order valence-electron chi connectivity index (χ2n) is 6.84. The first-order valence-corrected chi connectivity index (χ1v) is 9.18. The number of rotatable bonds is 3. The lowest BCUT2D eigenvalue weighted by Crippen LogP contribution is -2.40. The van der Waals surface area contributed by atoms with Crippen LogP contribution in [0.3, 0.4) is 0 Å². The van der Waals surface area contributed by atoms with Gasteiger partial charge in [0.05, 0.1) is 25.3 Å². The molecule has 1 aromatic heterocycles. The van der Waals surface area contributed by atoms with Gasteiger partial charge in [-0.1, -0.05) is 12.1 Å². The third-order valence-electron chi connectivity index (χ3n) is 4.94. The van der Waals surface area contributed by atoms with E-state index in [9.17, 15) is 18.0 Å². The van der Waals surface area contributed by atoms with E-state index in [2.05, 4.69) is 0 Å². The van der Waals surface area contributed by atoms with Crippen molar-refractivity contribution in [2.75, 3.05) is 26.3 Å². The van der Waals surface area contributed by atoms with Crippen molar-refractivity contribution in [3.63, 3.8) is 0 Å². The first-order chi connectivity index (χ1) is 13.9. The minimum absolute atomic E-state index is 0.0136. The molecular weight excluding hydrogens is 385 g/mol. The summed E-state index contributed by atoms with van der Waals surface area (Å²) in [6, 6.07) is 10.8. The van der Waals surface area contributed by atoms with Gasteiger partial charge in [0.1, 0.15) is 11.3 Å². The molecule has 3 aromatic rings. The second kappa shape index (κ2) is 7.53. The molecule has 0 radical (unpaired) electrons. The molecule has 2 aromatic carbocycles. The van der Waals surface area contributed by atoms with Gasteiger partial charge in [0.25, 0.3) is 5.91 Å². The molecule has 1 saturated heterocycles. The van der Waals surface area contributed by atoms with E-state index in [-0.39, 0.29) is 23.8 Å². The third-order valence-corrected chi connectivity index (χ3v) is 4.94. The molecule has 152 valence electrons. The number of morpholine rings is 1. The highest BCUT2D eigenvalue weighted by Gasteiger charge is 2.35. The zero-order valence-electron chi connectivity index (χ0n) is 15.5. The van der Waals surface area contributed by atoms with Crippen LogP contribution in [0.15, 0.2) is 46.9 Å². The Kier molecular flexibility index (Phi) is 5.06. The minimum atomic E-state index is -4.57. The smallest absolute Gasteiger partial charge is 0.420 e. The average molecular weight is 404 g/mol. The fourth-order valence-corrected chi connectivity index (χ4v) is 3.44. The van der Waals surface area contributed by atoms with Crippen molar-refractivity contribution < 1.29 is 27.1 Å². The van der Waals surface area contributed by atoms with E-state index in [0.717, 1.165) is 6.07 Å². The summed E-state index contributed by atoms with van der Waals surface area (Å²) >= 11 is 0. The Morgan fingerprint density at radius 3 is 2.34 bits per heavy atom. The molecule has 0 aliphatic carbocycles. The molecule has 1 aliphatic heterocycles. The molecule has 29 heavy (non-hydrogen) atoms. The number of nitrogens with two attached hydrogens (primary N) is 1. The van der Waals surface area contributed by atoms with Gasteiger partial charge in [-0.25, -0.2) is 0 Å². The van der Waals surface area contributed by atoms with Gasteiger partial charge in [0.2, 0.25) is 0 Å². The summed E-state index contributed by atoms with van der Waals surface area (Å²) in [4.78, 5) is 14.2. The normalized spacial score (nSPS) is 15.1. The van der Waals surface area contributed by atoms with Crippen molar-refractivity contribution in [2.24, 2.45) is 5.73 Å². The Morgan fingerprint density at radius 2 is 1.72 bits per heavy atom. The van der Waals surface area contributed by atoms with E-state index in [1.165, 1.54) is 6.07 Å². The molecule has 0 unspecified atom stereocenters. The molecule has 1 fully saturated rings. The SMILES string of the molecule is NCc1cc2cc(-c3ccc(C(=O)N4CCOCC4)cc3)cc(C(F)(F)F)c2o1. The molecule has 0 atom stereocenters. The van der Waals surface area contributed by atoms with Crippen molar-refractivity contribution in [3.8, 4) is 11.1 Å². The Morgan fingerprint density at radius 1 is 1.03 bits per heavy atom. The lowest BCUT2D eigenvalue weighted by atomic mass is 9.99. The van der Waals surface area contributed by atoms with E-state index < -0.39 is 11.7 Å². The maximum atomic E-state index is 13.6. The van der Waals surface area contributed by atoms with Crippen molar-refractivity contribution in [3.05, 3.63) is 59.4 Å². The van der Waals surface area contributed by atoms with Crippen LogP contribution < -0.4 is 5.73 Å². The van der Waals surface area contributed by atoms with Gasteiger partial charge in [0, 0.05) is 24.0 Å². The predicted octanol–water partition coefficient (Wildman–Crippen LogP) is 4.05. The molecule has 5 nitrogen and oxygen atoms in total. The average Bonchev–Trinajstić information content (AvgIpc) is 3.15. The Balaban J connectivity index is 1.70. The number of nitrogens with zero attached hydrogens (tertiary/aromatic N) is 1. The third kappa shape index (κ3) is 3.86. The van der Waals surface area contributed by atoms with E-state index in [0.29, 0.717) is 48.4 Å². The largest absolute Gasteiger partial charge is 0.459 e. The van der Waals surface area contributed by atoms with Crippen molar-refractivity contribution in [2.45, 2.75) is 12.7 Å². The molecular formula is C21H19F3N2O3. The number of furan rings is 1. The number of ether oxygens (including phenoxy) is 1. The second-order valence-corrected chi connectivity index (χ2v) is 6.84. The van der Waals surface area contributed by atoms with Crippen LogP contribution in [0, 0.1) is 0 Å². The number of hydrogen-bond acceptors (Lipinski definition) is 4. The van der Waals surface area contributed by atoms with E-state index in [1.807, 2.05) is 0 Å². The predicted molar refractivity (Wildman–Crippen MR) is 101 cm³/mol. The molecule has 2 heterocycles. The highest BCUT2D eigenvalue weighted by atomic mass is 19.4. The Hall–Kier alpha value is -2.84. The maximum absolute atomic E-state index is 13.6. The lowest BCUT2D eigenvalue weighted by Gasteiger charge is -2.26. The molecule has 4 rings (SSSR count). The summed E-state index contributed by atoms with van der Waals surface area (Å²) in [5.74, 6) is 0.169. The van der Waals surface area contributed by atoms with E-state index in [4.69, 9.17) is 14.9 Å². The summed E-state index contributed by atoms with van der Waals surface area (Å²) < 4.78 is 51.2. The van der Waals surface area contributed by atoms with Crippen LogP contribution in [-0.2, 0) is 17.5 Å². The first kappa shape index (κ1) is 19.5. The number of benzene rings is 2. The number of fused-ring (bicyclic) bond motifs is 1. The standard InChI is InChI=1S/C21H19F3N2O3/c22-21(23,24)18-11-15(9-16-10-17(12-25)29-19(16)18)13-1-3-14(4-2-13)20(27)26-5-7-28-8-6-26/h1-4,9-11H,5-8,12,25H2. The number of alkyl halides is 3. The molecule has 0 saturated carbocycles. The van der Waals surface area contributed by atoms with Gasteiger partial charge >= 0.3 is 6.18 Å². The fraction of sp³-hybridized carbons (Fsp3) is 0.286. The van der Waals surface area contributed by atoms with Gasteiger partial charge in [-0.2, -0.15) is 13.2 Å². The Bertz CT molecular complexity index is 1040. The summed E-state index contributed by atoms with van der Waals surface area (Å²) in [5.41, 5.74) is 5.89. The molecule has 8 heteroatoms. The van der Waals surface area contributed by atoms with E-state index in [1.54, 1.807) is 35.2 Å². The zero-order valence-corrected chi connectivity index (χ0v) is 15.5. The number of hydrogen-bond donors (Lipinski definition) is 1. The van der Waals surface area contributed by atoms with Crippen molar-refractivity contribution in [1.82, 2.24) is 4.90 Å². The summed E-state index contributed by atoms with van der Waals surface area (Å²) in [6.45, 7) is 2.06. The maximum Gasteiger partial charge on any atom is 0.420 e. The number of amides is 1. The first-order valence-electron chi connectivity index (χ1n) is 9.18. The van der Waals surface area contributed by atoms with Gasteiger partial charge in [0.15, 0.2) is 0 Å². The summed E-state index contributed by atoms with van der Waals surface area (Å²) in [7, 11) is 0. The number of halogens is 3. The molecule has 0 bridgehead atoms. The quantitative estimate of drug-likeness (QED) is 0.715.